The summed E-state index contributed by atoms with van der Waals surface area (Å²) in [5, 5.41) is 46.0. The maximum Gasteiger partial charge on any atom is 2.00 e. The molecule has 6 N–H and O–H groups in total. The van der Waals surface area contributed by atoms with Gasteiger partial charge in [-0.2, -0.15) is 6.54 Å². The molecule has 3 fully saturated rings. The van der Waals surface area contributed by atoms with E-state index in [0.717, 1.165) is 63.9 Å². The molecule has 4 rings (SSSR count). The van der Waals surface area contributed by atoms with Crippen LogP contribution in [0.3, 0.4) is 0 Å². The Bertz CT molecular complexity index is 650. The maximum atomic E-state index is 9.68. The fourth-order valence-corrected chi connectivity index (χ4v) is 5.62. The van der Waals surface area contributed by atoms with Gasteiger partial charge in [-0.1, -0.05) is 57.4 Å². The van der Waals surface area contributed by atoms with Crippen LogP contribution in [0.25, 0.3) is 16.9 Å². The predicted octanol–water partition coefficient (Wildman–Crippen LogP) is 6.00. The van der Waals surface area contributed by atoms with Crippen LogP contribution < -0.4 is 0 Å². The van der Waals surface area contributed by atoms with Gasteiger partial charge in [0.05, 0.1) is 36.7 Å². The number of dihydropyridines is 1. The SMILES string of the molecule is C1=C/C(=N\[N-]C2CCC[N-]C2)C=NC1.CC(O)CC(O)C1CCCCC1.CC(O)CC(O)C1CCCCC1.[Cu+2].[Cu+].[NH2-]. The number of rotatable bonds is 8. The topological polar surface area (TPSA) is 167 Å². The second kappa shape index (κ2) is 26.1. The standard InChI is InChI=1S/C10H14N4.2C10H20O2.2Cu.H2N/c1-3-9(7-11-5-1)13-14-10-4-2-6-12-8-10;2*1-8(11)7-10(12)9-5-3-2-4-6-9;;;/h1,3,7,10H,2,4-6,8H2;2*8-12H,2-7H2,1H3;;;1H2/q-2;;;+1;+2;-1/b13-9+;;;;;. The molecule has 0 bridgehead atoms. The number of piperidine rings is 1. The van der Waals surface area contributed by atoms with Gasteiger partial charge in [-0.15, -0.1) is 12.6 Å². The number of allylic oxidation sites excluding steroid dienone is 1. The van der Waals surface area contributed by atoms with Gasteiger partial charge in [0.1, 0.15) is 0 Å². The van der Waals surface area contributed by atoms with Gasteiger partial charge in [-0.25, -0.2) is 0 Å². The monoisotopic (exact) mass is 676 g/mol. The van der Waals surface area contributed by atoms with Gasteiger partial charge in [0.2, 0.25) is 0 Å². The average molecular weight is 678 g/mol. The van der Waals surface area contributed by atoms with Crippen LogP contribution in [0.15, 0.2) is 22.2 Å². The Kier molecular flexibility index (Phi) is 27.3. The van der Waals surface area contributed by atoms with E-state index < -0.39 is 0 Å². The van der Waals surface area contributed by atoms with Gasteiger partial charge in [0.25, 0.3) is 0 Å². The fourth-order valence-electron chi connectivity index (χ4n) is 5.62. The molecule has 1 saturated heterocycles. The second-order valence-electron chi connectivity index (χ2n) is 11.6. The first-order chi connectivity index (χ1) is 18.3. The Morgan fingerprint density at radius 3 is 1.76 bits per heavy atom. The first-order valence-corrected chi connectivity index (χ1v) is 15.1. The van der Waals surface area contributed by atoms with Gasteiger partial charge in [-0.3, -0.25) is 4.99 Å². The third-order valence-electron chi connectivity index (χ3n) is 7.81. The summed E-state index contributed by atoms with van der Waals surface area (Å²) < 4.78 is 0. The molecule has 41 heavy (non-hydrogen) atoms. The first kappa shape index (κ1) is 42.8. The molecule has 0 aromatic rings. The van der Waals surface area contributed by atoms with Crippen molar-refractivity contribution in [3.63, 3.8) is 0 Å². The number of hydrogen-bond donors (Lipinski definition) is 4. The van der Waals surface area contributed by atoms with Gasteiger partial charge < -0.3 is 42.4 Å². The van der Waals surface area contributed by atoms with Crippen molar-refractivity contribution >= 4 is 11.9 Å². The third-order valence-corrected chi connectivity index (χ3v) is 7.81. The van der Waals surface area contributed by atoms with Crippen molar-refractivity contribution in [2.75, 3.05) is 19.6 Å². The molecule has 4 aliphatic rings. The third kappa shape index (κ3) is 20.3. The minimum absolute atomic E-state index is 0. The summed E-state index contributed by atoms with van der Waals surface area (Å²) in [5.74, 6) is 0.904. The van der Waals surface area contributed by atoms with Crippen LogP contribution in [0.5, 0.6) is 0 Å². The van der Waals surface area contributed by atoms with Gasteiger partial charge >= 0.3 is 34.1 Å². The molecule has 1 radical (unpaired) electrons. The number of aliphatic imine (C=N–C) groups is 1. The smallest absolute Gasteiger partial charge is 0.693 e. The van der Waals surface area contributed by atoms with Crippen molar-refractivity contribution in [1.82, 2.24) is 0 Å². The van der Waals surface area contributed by atoms with Crippen LogP contribution in [0.1, 0.15) is 104 Å². The quantitative estimate of drug-likeness (QED) is 0.183. The molecular weight excluding hydrogens is 621 g/mol. The first-order valence-electron chi connectivity index (χ1n) is 15.1. The Balaban J connectivity index is 0. The molecule has 247 valence electrons. The zero-order valence-corrected chi connectivity index (χ0v) is 26.9. The minimum Gasteiger partial charge on any atom is -0.693 e. The van der Waals surface area contributed by atoms with Crippen LogP contribution in [0.4, 0.5) is 0 Å². The molecule has 5 unspecified atom stereocenters. The van der Waals surface area contributed by atoms with E-state index in [1.54, 1.807) is 20.1 Å². The van der Waals surface area contributed by atoms with Crippen molar-refractivity contribution < 1.29 is 54.6 Å². The Labute approximate surface area is 270 Å². The van der Waals surface area contributed by atoms with Crippen LogP contribution in [0, 0.1) is 11.8 Å². The zero-order valence-electron chi connectivity index (χ0n) is 25.1. The van der Waals surface area contributed by atoms with Gasteiger partial charge in [0.15, 0.2) is 0 Å². The molecule has 2 heterocycles. The molecule has 2 aliphatic heterocycles. The van der Waals surface area contributed by atoms with Gasteiger partial charge in [0, 0.05) is 6.21 Å². The Morgan fingerprint density at radius 2 is 1.37 bits per heavy atom. The van der Waals surface area contributed by atoms with Crippen molar-refractivity contribution in [1.29, 1.82) is 0 Å². The molecule has 0 aromatic heterocycles. The van der Waals surface area contributed by atoms with Crippen LogP contribution in [-0.2, 0) is 34.1 Å². The number of nitrogens with zero attached hydrogens (tertiary/aromatic N) is 4. The van der Waals surface area contributed by atoms with E-state index in [-0.39, 0.29) is 64.7 Å². The number of aliphatic hydroxyl groups is 4. The summed E-state index contributed by atoms with van der Waals surface area (Å²) in [4.78, 5) is 4.10. The van der Waals surface area contributed by atoms with E-state index in [1.807, 2.05) is 12.2 Å². The molecule has 0 amide bonds. The van der Waals surface area contributed by atoms with Crippen molar-refractivity contribution in [3.05, 3.63) is 29.0 Å². The number of nitrogens with two attached hydrogens (primary N) is 1. The minimum atomic E-state index is -0.359. The van der Waals surface area contributed by atoms with E-state index in [1.165, 1.54) is 38.5 Å². The molecule has 0 spiro atoms. The summed E-state index contributed by atoms with van der Waals surface area (Å²) in [6, 6.07) is 0.292. The number of hydrogen-bond acceptors (Lipinski definition) is 6. The Hall–Kier alpha value is -0.321. The fraction of sp³-hybridized carbons (Fsp3) is 0.867. The van der Waals surface area contributed by atoms with Crippen LogP contribution in [-0.4, -0.2) is 82.4 Å². The van der Waals surface area contributed by atoms with Gasteiger partial charge in [-0.05, 0) is 70.3 Å². The predicted molar refractivity (Wildman–Crippen MR) is 162 cm³/mol. The zero-order chi connectivity index (χ0) is 27.6. The summed E-state index contributed by atoms with van der Waals surface area (Å²) in [6.45, 7) is 6.07. The molecule has 5 atom stereocenters. The van der Waals surface area contributed by atoms with Crippen molar-refractivity contribution in [2.24, 2.45) is 21.9 Å². The molecule has 0 aromatic carbocycles. The normalized spacial score (nSPS) is 24.8. The summed E-state index contributed by atoms with van der Waals surface area (Å²) in [7, 11) is 0. The summed E-state index contributed by atoms with van der Waals surface area (Å²) in [5.41, 5.74) is 5.11. The maximum absolute atomic E-state index is 9.68. The van der Waals surface area contributed by atoms with E-state index in [0.29, 0.717) is 30.7 Å². The molecule has 2 saturated carbocycles. The van der Waals surface area contributed by atoms with Crippen LogP contribution in [0.2, 0.25) is 0 Å². The van der Waals surface area contributed by atoms with E-state index >= 15 is 0 Å². The van der Waals surface area contributed by atoms with E-state index in [9.17, 15) is 10.2 Å². The largest absolute Gasteiger partial charge is 2.00 e. The molecular formula is C30H56Cu2N5O4. The van der Waals surface area contributed by atoms with Crippen molar-refractivity contribution in [2.45, 2.75) is 134 Å². The molecule has 9 nitrogen and oxygen atoms in total. The van der Waals surface area contributed by atoms with E-state index in [4.69, 9.17) is 10.2 Å². The van der Waals surface area contributed by atoms with E-state index in [2.05, 4.69) is 20.8 Å². The average Bonchev–Trinajstić information content (AvgIpc) is 2.94. The molecule has 11 heteroatoms. The summed E-state index contributed by atoms with van der Waals surface area (Å²) >= 11 is 0. The van der Waals surface area contributed by atoms with Crippen LogP contribution >= 0.6 is 0 Å². The number of aliphatic hydroxyl groups excluding tert-OH is 4. The van der Waals surface area contributed by atoms with Crippen molar-refractivity contribution in [3.8, 4) is 0 Å². The Morgan fingerprint density at radius 1 is 0.854 bits per heavy atom. The second-order valence-corrected chi connectivity index (χ2v) is 11.6. The summed E-state index contributed by atoms with van der Waals surface area (Å²) in [6.07, 6.45) is 20.0. The molecule has 2 aliphatic carbocycles.